The number of amides is 4. The fraction of sp³-hybridized carbons (Fsp3) is 0.455. The van der Waals surface area contributed by atoms with Crippen LogP contribution in [0.1, 0.15) is 62.7 Å². The highest BCUT2D eigenvalue weighted by molar-refractivity contribution is 5.74. The molecular weight excluding hydrogens is 380 g/mol. The van der Waals surface area contributed by atoms with Crippen molar-refractivity contribution in [3.8, 4) is 0 Å². The molecule has 2 unspecified atom stereocenters. The van der Waals surface area contributed by atoms with Gasteiger partial charge in [-0.15, -0.1) is 0 Å². The first kappa shape index (κ1) is 23.1. The quantitative estimate of drug-likeness (QED) is 0.421. The molecule has 2 heterocycles. The molecule has 0 saturated carbocycles. The molecule has 0 saturated heterocycles. The van der Waals surface area contributed by atoms with E-state index in [0.717, 1.165) is 49.9 Å². The summed E-state index contributed by atoms with van der Waals surface area (Å²) in [6, 6.07) is 5.23. The molecule has 6 N–H and O–H groups in total. The zero-order chi connectivity index (χ0) is 21.9. The highest BCUT2D eigenvalue weighted by Crippen LogP contribution is 2.28. The average Bonchev–Trinajstić information content (AvgIpc) is 2.73. The molecular formula is C22H34N6O2+2. The number of aryl methyl sites for hydroxylation is 2. The minimum absolute atomic E-state index is 0.567. The van der Waals surface area contributed by atoms with E-state index in [-0.39, 0.29) is 0 Å². The number of rotatable bonds is 11. The van der Waals surface area contributed by atoms with E-state index >= 15 is 0 Å². The number of urea groups is 2. The van der Waals surface area contributed by atoms with Gasteiger partial charge in [-0.3, -0.25) is 0 Å². The largest absolute Gasteiger partial charge is 0.352 e. The predicted molar refractivity (Wildman–Crippen MR) is 114 cm³/mol. The first-order chi connectivity index (χ1) is 14.4. The van der Waals surface area contributed by atoms with E-state index in [0.29, 0.717) is 0 Å². The number of hydrogen-bond donors (Lipinski definition) is 4. The van der Waals surface area contributed by atoms with E-state index in [4.69, 9.17) is 11.5 Å². The molecule has 2 aromatic rings. The fourth-order valence-corrected chi connectivity index (χ4v) is 3.36. The van der Waals surface area contributed by atoms with E-state index in [1.54, 1.807) is 0 Å². The van der Waals surface area contributed by atoms with Crippen LogP contribution in [0.2, 0.25) is 0 Å². The lowest BCUT2D eigenvalue weighted by Gasteiger charge is -2.28. The normalized spacial score (nSPS) is 12.7. The maximum Gasteiger partial charge on any atom is 0.312 e. The Kier molecular flexibility index (Phi) is 9.05. The molecule has 8 heteroatoms. The summed E-state index contributed by atoms with van der Waals surface area (Å²) in [4.78, 5) is 23.5. The fourth-order valence-electron chi connectivity index (χ4n) is 3.36. The third-order valence-corrected chi connectivity index (χ3v) is 5.02. The van der Waals surface area contributed by atoms with E-state index in [9.17, 15) is 9.59 Å². The third-order valence-electron chi connectivity index (χ3n) is 5.02. The van der Waals surface area contributed by atoms with Gasteiger partial charge in [0.15, 0.2) is 24.8 Å². The van der Waals surface area contributed by atoms with Crippen LogP contribution in [-0.2, 0) is 13.1 Å². The first-order valence-electron chi connectivity index (χ1n) is 10.5. The van der Waals surface area contributed by atoms with Crippen molar-refractivity contribution in [2.45, 2.75) is 64.7 Å². The lowest BCUT2D eigenvalue weighted by molar-refractivity contribution is -0.697. The van der Waals surface area contributed by atoms with Gasteiger partial charge in [-0.05, 0) is 11.1 Å². The number of aromatic nitrogens is 2. The van der Waals surface area contributed by atoms with Crippen molar-refractivity contribution in [2.75, 3.05) is 0 Å². The number of nitrogens with zero attached hydrogens (tertiary/aromatic N) is 2. The Bertz CT molecular complexity index is 738. The Balaban J connectivity index is 2.34. The lowest BCUT2D eigenvalue weighted by atomic mass is 9.94. The number of carbonyl (C=O) groups excluding carboxylic acids is 2. The van der Waals surface area contributed by atoms with Crippen LogP contribution in [-0.4, -0.2) is 12.1 Å². The summed E-state index contributed by atoms with van der Waals surface area (Å²) >= 11 is 0. The van der Waals surface area contributed by atoms with Crippen molar-refractivity contribution in [3.63, 3.8) is 0 Å². The number of carbonyl (C=O) groups is 2. The zero-order valence-electron chi connectivity index (χ0n) is 17.9. The van der Waals surface area contributed by atoms with E-state index < -0.39 is 24.1 Å². The summed E-state index contributed by atoms with van der Waals surface area (Å²) in [5.74, 6) is 0. The monoisotopic (exact) mass is 414 g/mol. The van der Waals surface area contributed by atoms with E-state index in [1.807, 2.05) is 49.1 Å². The molecule has 0 radical (unpaired) electrons. The van der Waals surface area contributed by atoms with Crippen molar-refractivity contribution >= 4 is 12.1 Å². The maximum atomic E-state index is 11.7. The van der Waals surface area contributed by atoms with Crippen LogP contribution in [0.5, 0.6) is 0 Å². The van der Waals surface area contributed by atoms with Gasteiger partial charge in [-0.25, -0.2) is 18.7 Å². The second kappa shape index (κ2) is 11.7. The molecule has 8 nitrogen and oxygen atoms in total. The molecule has 0 aliphatic rings. The number of unbranched alkanes of at least 4 members (excludes halogenated alkanes) is 2. The van der Waals surface area contributed by atoms with E-state index in [1.165, 1.54) is 0 Å². The standard InChI is InChI=1S/C22H32N6O2/c1-3-5-11-27-13-7-17(8-14-27)19(25-21(23)29)20(26-22(24)30)18-9-15-28(16-10-18)12-6-4-2/h7-10,13-16,19-20H,3-6,11-12H2,1-2H3,(H4-2,23,24,25,26,29,30)/p+2. The Hall–Kier alpha value is -3.16. The number of nitrogens with one attached hydrogen (secondary N) is 2. The molecule has 2 aromatic heterocycles. The van der Waals surface area contributed by atoms with Crippen LogP contribution in [0.15, 0.2) is 49.1 Å². The van der Waals surface area contributed by atoms with Gasteiger partial charge in [0, 0.05) is 37.1 Å². The molecule has 0 aliphatic heterocycles. The van der Waals surface area contributed by atoms with Gasteiger partial charge in [-0.1, -0.05) is 26.7 Å². The lowest BCUT2D eigenvalue weighted by Crippen LogP contribution is -2.45. The Morgan fingerprint density at radius 3 is 1.37 bits per heavy atom. The molecule has 2 rings (SSSR count). The third kappa shape index (κ3) is 7.02. The summed E-state index contributed by atoms with van der Waals surface area (Å²) in [5, 5.41) is 5.53. The molecule has 2 atom stereocenters. The van der Waals surface area contributed by atoms with Crippen LogP contribution >= 0.6 is 0 Å². The molecule has 0 fully saturated rings. The summed E-state index contributed by atoms with van der Waals surface area (Å²) in [6.45, 7) is 6.13. The summed E-state index contributed by atoms with van der Waals surface area (Å²) in [7, 11) is 0. The number of hydrogen-bond acceptors (Lipinski definition) is 2. The van der Waals surface area contributed by atoms with Crippen molar-refractivity contribution in [2.24, 2.45) is 11.5 Å². The molecule has 0 aliphatic carbocycles. The molecule has 4 amide bonds. The molecule has 0 bridgehead atoms. The van der Waals surface area contributed by atoms with Crippen LogP contribution < -0.4 is 31.2 Å². The minimum atomic E-state index is -0.673. The zero-order valence-corrected chi connectivity index (χ0v) is 17.9. The topological polar surface area (TPSA) is 118 Å². The van der Waals surface area contributed by atoms with Crippen LogP contribution in [0.25, 0.3) is 0 Å². The summed E-state index contributed by atoms with van der Waals surface area (Å²) < 4.78 is 4.17. The predicted octanol–water partition coefficient (Wildman–Crippen LogP) is 1.98. The van der Waals surface area contributed by atoms with Crippen molar-refractivity contribution in [3.05, 3.63) is 60.2 Å². The first-order valence-corrected chi connectivity index (χ1v) is 10.5. The van der Waals surface area contributed by atoms with Crippen molar-refractivity contribution in [1.82, 2.24) is 10.6 Å². The average molecular weight is 415 g/mol. The second-order valence-corrected chi connectivity index (χ2v) is 7.42. The summed E-state index contributed by atoms with van der Waals surface area (Å²) in [6.07, 6.45) is 12.2. The SMILES string of the molecule is CCCC[n+]1ccc(C(NC(N)=O)C(NC(N)=O)c2cc[n+](CCCC)cc2)cc1. The van der Waals surface area contributed by atoms with Crippen LogP contribution in [0, 0.1) is 0 Å². The van der Waals surface area contributed by atoms with Crippen molar-refractivity contribution in [1.29, 1.82) is 0 Å². The molecule has 162 valence electrons. The minimum Gasteiger partial charge on any atom is -0.352 e. The number of pyridine rings is 2. The molecule has 0 spiro atoms. The van der Waals surface area contributed by atoms with Gasteiger partial charge >= 0.3 is 12.1 Å². The van der Waals surface area contributed by atoms with Crippen molar-refractivity contribution < 1.29 is 18.7 Å². The number of nitrogens with two attached hydrogens (primary N) is 2. The Morgan fingerprint density at radius 1 is 0.767 bits per heavy atom. The molecule has 0 aromatic carbocycles. The maximum absolute atomic E-state index is 11.7. The van der Waals surface area contributed by atoms with Gasteiger partial charge in [0.2, 0.25) is 0 Å². The molecule has 30 heavy (non-hydrogen) atoms. The Morgan fingerprint density at radius 2 is 1.10 bits per heavy atom. The van der Waals surface area contributed by atoms with Gasteiger partial charge in [0.25, 0.3) is 0 Å². The Labute approximate surface area is 178 Å². The van der Waals surface area contributed by atoms with E-state index in [2.05, 4.69) is 33.6 Å². The highest BCUT2D eigenvalue weighted by Gasteiger charge is 2.28. The van der Waals surface area contributed by atoms with Gasteiger partial charge in [0.05, 0.1) is 12.1 Å². The van der Waals surface area contributed by atoms with Crippen LogP contribution in [0.3, 0.4) is 0 Å². The highest BCUT2D eigenvalue weighted by atomic mass is 16.2. The summed E-state index contributed by atoms with van der Waals surface area (Å²) in [5.41, 5.74) is 12.5. The van der Waals surface area contributed by atoms with Gasteiger partial charge < -0.3 is 22.1 Å². The smallest absolute Gasteiger partial charge is 0.312 e. The van der Waals surface area contributed by atoms with Gasteiger partial charge in [-0.2, -0.15) is 0 Å². The number of primary amides is 2. The second-order valence-electron chi connectivity index (χ2n) is 7.42. The van der Waals surface area contributed by atoms with Gasteiger partial charge in [0.1, 0.15) is 13.1 Å². The van der Waals surface area contributed by atoms with Crippen LogP contribution in [0.4, 0.5) is 9.59 Å².